The minimum absolute atomic E-state index is 0.0692. The van der Waals surface area contributed by atoms with Crippen molar-refractivity contribution in [1.29, 1.82) is 0 Å². The van der Waals surface area contributed by atoms with E-state index in [1.165, 1.54) is 0 Å². The van der Waals surface area contributed by atoms with Crippen molar-refractivity contribution in [3.63, 3.8) is 0 Å². The van der Waals surface area contributed by atoms with E-state index >= 15 is 0 Å². The second-order valence-electron chi connectivity index (χ2n) is 4.17. The van der Waals surface area contributed by atoms with E-state index in [0.29, 0.717) is 6.54 Å². The van der Waals surface area contributed by atoms with Gasteiger partial charge in [0.05, 0.1) is 13.7 Å². The Balaban J connectivity index is 2.57. The summed E-state index contributed by atoms with van der Waals surface area (Å²) in [6.07, 6.45) is 0. The highest BCUT2D eigenvalue weighted by Crippen LogP contribution is 2.18. The fourth-order valence-electron chi connectivity index (χ4n) is 1.43. The summed E-state index contributed by atoms with van der Waals surface area (Å²) in [4.78, 5) is 13.0. The summed E-state index contributed by atoms with van der Waals surface area (Å²) in [6, 6.07) is 7.95. The Morgan fingerprint density at radius 2 is 2.18 bits per heavy atom. The fraction of sp³-hybridized carbons (Fsp3) is 0.462. The molecule has 0 aliphatic rings. The molecule has 1 N–H and O–H groups in total. The SMILES string of the molecule is COc1cccc(C(C)NCC(=O)N(C)C)c1. The number of methoxy groups -OCH3 is 1. The summed E-state index contributed by atoms with van der Waals surface area (Å²) >= 11 is 0. The summed E-state index contributed by atoms with van der Waals surface area (Å²) < 4.78 is 5.17. The molecule has 1 rings (SSSR count). The van der Waals surface area contributed by atoms with Gasteiger partial charge < -0.3 is 15.0 Å². The van der Waals surface area contributed by atoms with E-state index in [4.69, 9.17) is 4.74 Å². The standard InChI is InChI=1S/C13H20N2O2/c1-10(14-9-13(16)15(2)3)11-6-5-7-12(8-11)17-4/h5-8,10,14H,9H2,1-4H3. The second-order valence-corrected chi connectivity index (χ2v) is 4.17. The largest absolute Gasteiger partial charge is 0.497 e. The van der Waals surface area contributed by atoms with Crippen LogP contribution in [0.3, 0.4) is 0 Å². The normalized spacial score (nSPS) is 12.0. The number of hydrogen-bond acceptors (Lipinski definition) is 3. The number of carbonyl (C=O) groups excluding carboxylic acids is 1. The molecule has 1 aromatic carbocycles. The van der Waals surface area contributed by atoms with Crippen LogP contribution in [-0.2, 0) is 4.79 Å². The maximum Gasteiger partial charge on any atom is 0.236 e. The van der Waals surface area contributed by atoms with Crippen molar-refractivity contribution >= 4 is 5.91 Å². The lowest BCUT2D eigenvalue weighted by Crippen LogP contribution is -2.34. The molecule has 0 fully saturated rings. The highest BCUT2D eigenvalue weighted by atomic mass is 16.5. The number of ether oxygens (including phenoxy) is 1. The minimum Gasteiger partial charge on any atom is -0.497 e. The van der Waals surface area contributed by atoms with Crippen LogP contribution in [0.15, 0.2) is 24.3 Å². The lowest BCUT2D eigenvalue weighted by Gasteiger charge is -2.16. The molecule has 1 atom stereocenters. The number of nitrogens with one attached hydrogen (secondary N) is 1. The zero-order chi connectivity index (χ0) is 12.8. The van der Waals surface area contributed by atoms with Gasteiger partial charge in [-0.1, -0.05) is 12.1 Å². The van der Waals surface area contributed by atoms with Gasteiger partial charge in [-0.3, -0.25) is 4.79 Å². The smallest absolute Gasteiger partial charge is 0.236 e. The molecule has 0 spiro atoms. The predicted molar refractivity (Wildman–Crippen MR) is 68.1 cm³/mol. The highest BCUT2D eigenvalue weighted by molar-refractivity contribution is 5.77. The lowest BCUT2D eigenvalue weighted by atomic mass is 10.1. The van der Waals surface area contributed by atoms with Crippen LogP contribution in [0.25, 0.3) is 0 Å². The van der Waals surface area contributed by atoms with Gasteiger partial charge >= 0.3 is 0 Å². The molecule has 1 unspecified atom stereocenters. The van der Waals surface area contributed by atoms with Crippen molar-refractivity contribution in [3.8, 4) is 5.75 Å². The Kier molecular flexibility index (Phi) is 4.97. The maximum absolute atomic E-state index is 11.4. The molecule has 0 saturated carbocycles. The van der Waals surface area contributed by atoms with E-state index < -0.39 is 0 Å². The molecule has 1 aromatic rings. The molecule has 94 valence electrons. The minimum atomic E-state index is 0.0692. The molecule has 4 nitrogen and oxygen atoms in total. The van der Waals surface area contributed by atoms with Gasteiger partial charge in [0.2, 0.25) is 5.91 Å². The molecule has 0 aromatic heterocycles. The topological polar surface area (TPSA) is 41.6 Å². The second kappa shape index (κ2) is 6.25. The summed E-state index contributed by atoms with van der Waals surface area (Å²) in [5.74, 6) is 0.898. The van der Waals surface area contributed by atoms with Crippen molar-refractivity contribution in [2.45, 2.75) is 13.0 Å². The first kappa shape index (κ1) is 13.5. The third-order valence-corrected chi connectivity index (χ3v) is 2.65. The van der Waals surface area contributed by atoms with Gasteiger partial charge in [-0.15, -0.1) is 0 Å². The van der Waals surface area contributed by atoms with Gasteiger partial charge in [-0.25, -0.2) is 0 Å². The molecular weight excluding hydrogens is 216 g/mol. The first-order valence-corrected chi connectivity index (χ1v) is 5.62. The Bertz CT molecular complexity index is 377. The quantitative estimate of drug-likeness (QED) is 0.841. The Hall–Kier alpha value is -1.55. The Labute approximate surface area is 103 Å². The van der Waals surface area contributed by atoms with Gasteiger partial charge in [-0.2, -0.15) is 0 Å². The van der Waals surface area contributed by atoms with Crippen molar-refractivity contribution in [1.82, 2.24) is 10.2 Å². The predicted octanol–water partition coefficient (Wildman–Crippen LogP) is 1.43. The number of likely N-dealkylation sites (N-methyl/N-ethyl adjacent to an activating group) is 1. The number of hydrogen-bond donors (Lipinski definition) is 1. The van der Waals surface area contributed by atoms with Crippen LogP contribution < -0.4 is 10.1 Å². The molecule has 1 amide bonds. The van der Waals surface area contributed by atoms with E-state index in [0.717, 1.165) is 11.3 Å². The molecule has 0 bridgehead atoms. The number of nitrogens with zero attached hydrogens (tertiary/aromatic N) is 1. The van der Waals surface area contributed by atoms with Crippen LogP contribution in [0.1, 0.15) is 18.5 Å². The molecule has 0 radical (unpaired) electrons. The first-order valence-electron chi connectivity index (χ1n) is 5.62. The molecule has 17 heavy (non-hydrogen) atoms. The van der Waals surface area contributed by atoms with Crippen LogP contribution in [0.2, 0.25) is 0 Å². The van der Waals surface area contributed by atoms with E-state index in [-0.39, 0.29) is 11.9 Å². The van der Waals surface area contributed by atoms with Gasteiger partial charge in [0.1, 0.15) is 5.75 Å². The molecular formula is C13H20N2O2. The zero-order valence-electron chi connectivity index (χ0n) is 10.9. The van der Waals surface area contributed by atoms with E-state index in [2.05, 4.69) is 5.32 Å². The Morgan fingerprint density at radius 3 is 2.76 bits per heavy atom. The molecule has 0 aliphatic carbocycles. The van der Waals surface area contributed by atoms with Crippen LogP contribution in [0.5, 0.6) is 5.75 Å². The van der Waals surface area contributed by atoms with E-state index in [1.807, 2.05) is 31.2 Å². The Morgan fingerprint density at radius 1 is 1.47 bits per heavy atom. The van der Waals surface area contributed by atoms with Crippen molar-refractivity contribution in [2.75, 3.05) is 27.7 Å². The number of rotatable bonds is 5. The van der Waals surface area contributed by atoms with Crippen molar-refractivity contribution < 1.29 is 9.53 Å². The third kappa shape index (κ3) is 4.07. The van der Waals surface area contributed by atoms with Crippen LogP contribution in [-0.4, -0.2) is 38.6 Å². The monoisotopic (exact) mass is 236 g/mol. The fourth-order valence-corrected chi connectivity index (χ4v) is 1.43. The molecule has 0 saturated heterocycles. The number of amides is 1. The molecule has 4 heteroatoms. The van der Waals surface area contributed by atoms with Crippen LogP contribution >= 0.6 is 0 Å². The third-order valence-electron chi connectivity index (χ3n) is 2.65. The lowest BCUT2D eigenvalue weighted by molar-refractivity contribution is -0.127. The average molecular weight is 236 g/mol. The number of benzene rings is 1. The first-order chi connectivity index (χ1) is 8.04. The van der Waals surface area contributed by atoms with E-state index in [9.17, 15) is 4.79 Å². The number of carbonyl (C=O) groups is 1. The van der Waals surface area contributed by atoms with Gasteiger partial charge in [0.25, 0.3) is 0 Å². The summed E-state index contributed by atoms with van der Waals surface area (Å²) in [5, 5.41) is 3.18. The molecule has 0 aliphatic heterocycles. The maximum atomic E-state index is 11.4. The summed E-state index contributed by atoms with van der Waals surface area (Å²) in [5.41, 5.74) is 1.11. The van der Waals surface area contributed by atoms with Crippen LogP contribution in [0.4, 0.5) is 0 Å². The summed E-state index contributed by atoms with van der Waals surface area (Å²) in [7, 11) is 5.15. The highest BCUT2D eigenvalue weighted by Gasteiger charge is 2.09. The average Bonchev–Trinajstić information content (AvgIpc) is 2.35. The van der Waals surface area contributed by atoms with Crippen molar-refractivity contribution in [2.24, 2.45) is 0 Å². The van der Waals surface area contributed by atoms with Gasteiger partial charge in [0.15, 0.2) is 0 Å². The summed E-state index contributed by atoms with van der Waals surface area (Å²) in [6.45, 7) is 2.36. The van der Waals surface area contributed by atoms with Crippen LogP contribution in [0, 0.1) is 0 Å². The van der Waals surface area contributed by atoms with E-state index in [1.54, 1.807) is 26.1 Å². The zero-order valence-corrected chi connectivity index (χ0v) is 10.9. The molecule has 0 heterocycles. The van der Waals surface area contributed by atoms with Gasteiger partial charge in [0, 0.05) is 20.1 Å². The van der Waals surface area contributed by atoms with Gasteiger partial charge in [-0.05, 0) is 24.6 Å². The van der Waals surface area contributed by atoms with Crippen molar-refractivity contribution in [3.05, 3.63) is 29.8 Å².